The molecule has 31 heavy (non-hydrogen) atoms. The molecule has 0 aliphatic heterocycles. The molecule has 0 spiro atoms. The van der Waals surface area contributed by atoms with E-state index in [9.17, 15) is 4.79 Å². The number of methoxy groups -OCH3 is 1. The summed E-state index contributed by atoms with van der Waals surface area (Å²) < 4.78 is 5.56. The van der Waals surface area contributed by atoms with Crippen LogP contribution in [0.5, 0.6) is 0 Å². The number of benzene rings is 1. The van der Waals surface area contributed by atoms with Crippen LogP contribution in [0.4, 0.5) is 0 Å². The van der Waals surface area contributed by atoms with Gasteiger partial charge in [0.25, 0.3) is 5.91 Å². The molecule has 0 saturated carbocycles. The Hall–Kier alpha value is -3.41. The van der Waals surface area contributed by atoms with Crippen LogP contribution in [0.1, 0.15) is 55.9 Å². The highest BCUT2D eigenvalue weighted by molar-refractivity contribution is 5.99. The zero-order valence-electron chi connectivity index (χ0n) is 19.1. The van der Waals surface area contributed by atoms with Gasteiger partial charge in [-0.2, -0.15) is 0 Å². The largest absolute Gasteiger partial charge is 0.480 e. The molecule has 3 aromatic rings. The number of hydrogen-bond acceptors (Lipinski definition) is 4. The molecule has 1 aromatic carbocycles. The number of carbonyl (C=O) groups is 1. The van der Waals surface area contributed by atoms with Gasteiger partial charge in [-0.3, -0.25) is 9.78 Å². The fraction of sp³-hybridized carbons (Fsp3) is 0.320. The summed E-state index contributed by atoms with van der Waals surface area (Å²) in [4.78, 5) is 24.5. The molecule has 0 radical (unpaired) electrons. The van der Waals surface area contributed by atoms with Crippen molar-refractivity contribution >= 4 is 22.7 Å². The topological polar surface area (TPSA) is 79.4 Å². The molecule has 0 aliphatic rings. The number of H-pyrrole nitrogens is 1. The van der Waals surface area contributed by atoms with Crippen LogP contribution in [0.3, 0.4) is 0 Å². The van der Waals surface area contributed by atoms with Gasteiger partial charge < -0.3 is 15.0 Å². The van der Waals surface area contributed by atoms with Gasteiger partial charge in [-0.05, 0) is 75.1 Å². The van der Waals surface area contributed by atoms with Crippen molar-refractivity contribution in [1.29, 1.82) is 0 Å². The number of pyridine rings is 1. The zero-order valence-corrected chi connectivity index (χ0v) is 19.1. The molecule has 0 aliphatic carbocycles. The summed E-state index contributed by atoms with van der Waals surface area (Å²) in [7, 11) is 1.63. The molecular weight excluding hydrogens is 388 g/mol. The Kier molecular flexibility index (Phi) is 6.90. The van der Waals surface area contributed by atoms with Gasteiger partial charge in [0.15, 0.2) is 0 Å². The number of nitrogens with one attached hydrogen (secondary N) is 2. The van der Waals surface area contributed by atoms with E-state index in [-0.39, 0.29) is 5.91 Å². The fourth-order valence-corrected chi connectivity index (χ4v) is 3.34. The van der Waals surface area contributed by atoms with Crippen LogP contribution in [0.25, 0.3) is 22.0 Å². The van der Waals surface area contributed by atoms with E-state index in [0.717, 1.165) is 45.4 Å². The third kappa shape index (κ3) is 4.85. The monoisotopic (exact) mass is 418 g/mol. The SMILES string of the molecule is CCNC(=O)c1cc(-c2ccc3[nH]c(C(=N/C(C)=C(\C)CC)OC)cc3c2)c(C)cn1. The summed E-state index contributed by atoms with van der Waals surface area (Å²) in [5.41, 5.74) is 7.45. The maximum Gasteiger partial charge on any atom is 0.269 e. The summed E-state index contributed by atoms with van der Waals surface area (Å²) in [6.45, 7) is 10.6. The highest BCUT2D eigenvalue weighted by Crippen LogP contribution is 2.28. The molecule has 0 unspecified atom stereocenters. The smallest absolute Gasteiger partial charge is 0.269 e. The van der Waals surface area contributed by atoms with Gasteiger partial charge in [0.2, 0.25) is 5.90 Å². The van der Waals surface area contributed by atoms with Crippen LogP contribution in [-0.4, -0.2) is 35.4 Å². The number of ether oxygens (including phenoxy) is 1. The third-order valence-corrected chi connectivity index (χ3v) is 5.45. The van der Waals surface area contributed by atoms with Gasteiger partial charge in [0, 0.05) is 29.3 Å². The van der Waals surface area contributed by atoms with E-state index in [0.29, 0.717) is 18.1 Å². The van der Waals surface area contributed by atoms with E-state index in [2.05, 4.69) is 40.2 Å². The number of aliphatic imine (C=N–C) groups is 1. The Balaban J connectivity index is 2.03. The standard InChI is InChI=1S/C25H30N4O2/c1-7-15(3)17(5)28-25(31-6)23-12-19-11-18(9-10-21(19)29-23)20-13-22(24(30)26-8-2)27-14-16(20)4/h9-14,29H,7-8H2,1-6H3,(H,26,30)/b17-15+,28-25?. The Bertz CT molecular complexity index is 1170. The highest BCUT2D eigenvalue weighted by Gasteiger charge is 2.13. The fourth-order valence-electron chi connectivity index (χ4n) is 3.34. The second-order valence-corrected chi connectivity index (χ2v) is 7.57. The first-order chi connectivity index (χ1) is 14.9. The second kappa shape index (κ2) is 9.60. The maximum atomic E-state index is 12.2. The Morgan fingerprint density at radius 2 is 1.97 bits per heavy atom. The Labute approximate surface area is 183 Å². The van der Waals surface area contributed by atoms with Crippen LogP contribution in [0.15, 0.2) is 52.8 Å². The van der Waals surface area contributed by atoms with Crippen LogP contribution < -0.4 is 5.32 Å². The Morgan fingerprint density at radius 1 is 1.19 bits per heavy atom. The van der Waals surface area contributed by atoms with Crippen molar-refractivity contribution in [3.63, 3.8) is 0 Å². The minimum atomic E-state index is -0.166. The number of nitrogens with zero attached hydrogens (tertiary/aromatic N) is 2. The number of aryl methyl sites for hydroxylation is 1. The van der Waals surface area contributed by atoms with Crippen molar-refractivity contribution in [1.82, 2.24) is 15.3 Å². The number of carbonyl (C=O) groups excluding carboxylic acids is 1. The van der Waals surface area contributed by atoms with E-state index in [4.69, 9.17) is 4.74 Å². The molecule has 0 fully saturated rings. The molecule has 2 N–H and O–H groups in total. The number of fused-ring (bicyclic) bond motifs is 1. The molecule has 1 amide bonds. The van der Waals surface area contributed by atoms with E-state index < -0.39 is 0 Å². The van der Waals surface area contributed by atoms with E-state index in [1.165, 1.54) is 5.57 Å². The quantitative estimate of drug-likeness (QED) is 0.416. The van der Waals surface area contributed by atoms with Crippen LogP contribution in [0.2, 0.25) is 0 Å². The lowest BCUT2D eigenvalue weighted by atomic mass is 10.00. The summed E-state index contributed by atoms with van der Waals surface area (Å²) in [6, 6.07) is 10.1. The number of allylic oxidation sites excluding steroid dienone is 2. The number of aromatic amines is 1. The highest BCUT2D eigenvalue weighted by atomic mass is 16.5. The van der Waals surface area contributed by atoms with E-state index in [1.54, 1.807) is 13.3 Å². The van der Waals surface area contributed by atoms with Crippen LogP contribution in [0, 0.1) is 6.92 Å². The molecule has 2 aromatic heterocycles. The lowest BCUT2D eigenvalue weighted by Gasteiger charge is -2.09. The number of aromatic nitrogens is 2. The molecule has 0 atom stereocenters. The average molecular weight is 419 g/mol. The van der Waals surface area contributed by atoms with Gasteiger partial charge in [-0.1, -0.05) is 18.6 Å². The zero-order chi connectivity index (χ0) is 22.5. The molecule has 3 rings (SSSR count). The normalized spacial score (nSPS) is 12.6. The average Bonchev–Trinajstić information content (AvgIpc) is 3.20. The number of amides is 1. The predicted molar refractivity (Wildman–Crippen MR) is 126 cm³/mol. The first-order valence-electron chi connectivity index (χ1n) is 10.5. The Morgan fingerprint density at radius 3 is 2.65 bits per heavy atom. The van der Waals surface area contributed by atoms with Crippen molar-refractivity contribution in [2.24, 2.45) is 4.99 Å². The lowest BCUT2D eigenvalue weighted by molar-refractivity contribution is 0.0951. The third-order valence-electron chi connectivity index (χ3n) is 5.45. The molecular formula is C25H30N4O2. The molecule has 0 saturated heterocycles. The minimum Gasteiger partial charge on any atom is -0.480 e. The summed E-state index contributed by atoms with van der Waals surface area (Å²) in [5, 5.41) is 3.85. The van der Waals surface area contributed by atoms with Gasteiger partial charge in [0.05, 0.1) is 7.11 Å². The molecule has 2 heterocycles. The molecule has 162 valence electrons. The summed E-state index contributed by atoms with van der Waals surface area (Å²) >= 11 is 0. The van der Waals surface area contributed by atoms with Crippen molar-refractivity contribution in [3.8, 4) is 11.1 Å². The van der Waals surface area contributed by atoms with Gasteiger partial charge in [-0.15, -0.1) is 0 Å². The number of hydrogen-bond donors (Lipinski definition) is 2. The van der Waals surface area contributed by atoms with E-state index >= 15 is 0 Å². The maximum absolute atomic E-state index is 12.2. The second-order valence-electron chi connectivity index (χ2n) is 7.57. The predicted octanol–water partition coefficient (Wildman–Crippen LogP) is 5.38. The molecule has 6 nitrogen and oxygen atoms in total. The van der Waals surface area contributed by atoms with Crippen molar-refractivity contribution in [2.75, 3.05) is 13.7 Å². The summed E-state index contributed by atoms with van der Waals surface area (Å²) in [6.07, 6.45) is 2.69. The van der Waals surface area contributed by atoms with Gasteiger partial charge >= 0.3 is 0 Å². The first-order valence-corrected chi connectivity index (χ1v) is 10.5. The minimum absolute atomic E-state index is 0.166. The summed E-state index contributed by atoms with van der Waals surface area (Å²) in [5.74, 6) is 0.391. The first kappa shape index (κ1) is 22.3. The van der Waals surface area contributed by atoms with Crippen molar-refractivity contribution in [3.05, 3.63) is 64.8 Å². The molecule has 6 heteroatoms. The van der Waals surface area contributed by atoms with Crippen LogP contribution in [-0.2, 0) is 4.74 Å². The van der Waals surface area contributed by atoms with Gasteiger partial charge in [-0.25, -0.2) is 4.99 Å². The van der Waals surface area contributed by atoms with Crippen molar-refractivity contribution in [2.45, 2.75) is 41.0 Å². The van der Waals surface area contributed by atoms with Gasteiger partial charge in [0.1, 0.15) is 11.4 Å². The lowest BCUT2D eigenvalue weighted by Crippen LogP contribution is -2.23. The molecule has 0 bridgehead atoms. The van der Waals surface area contributed by atoms with E-state index in [1.807, 2.05) is 45.0 Å². The van der Waals surface area contributed by atoms with Crippen LogP contribution >= 0.6 is 0 Å². The number of rotatable bonds is 6. The van der Waals surface area contributed by atoms with Crippen molar-refractivity contribution < 1.29 is 9.53 Å².